The molecule has 0 saturated carbocycles. The number of halogens is 1. The zero-order valence-electron chi connectivity index (χ0n) is 15.2. The zero-order chi connectivity index (χ0) is 18.7. The second-order valence-corrected chi connectivity index (χ2v) is 8.18. The summed E-state index contributed by atoms with van der Waals surface area (Å²) in [6.45, 7) is 4.35. The molecule has 26 heavy (non-hydrogen) atoms. The number of benzene rings is 2. The lowest BCUT2D eigenvalue weighted by Crippen LogP contribution is -2.47. The predicted molar refractivity (Wildman–Crippen MR) is 107 cm³/mol. The summed E-state index contributed by atoms with van der Waals surface area (Å²) in [6.07, 6.45) is 1.62. The molecule has 2 aromatic rings. The topological polar surface area (TPSA) is 37.4 Å². The third-order valence-electron chi connectivity index (χ3n) is 5.43. The number of rotatable bonds is 5. The first-order valence-corrected chi connectivity index (χ1v) is 9.80. The predicted octanol–water partition coefficient (Wildman–Crippen LogP) is 5.05. The molecular formula is C22H24BrNO2. The van der Waals surface area contributed by atoms with Crippen molar-refractivity contribution in [3.63, 3.8) is 0 Å². The van der Waals surface area contributed by atoms with Crippen molar-refractivity contribution in [2.75, 3.05) is 6.54 Å². The number of Topliss-reactive ketones (excluding diaryl/α,β-unsaturated/α-hetero) is 1. The second kappa shape index (κ2) is 7.75. The lowest BCUT2D eigenvalue weighted by atomic mass is 9.69. The summed E-state index contributed by atoms with van der Waals surface area (Å²) in [5, 5.41) is 0. The van der Waals surface area contributed by atoms with Crippen molar-refractivity contribution >= 4 is 27.6 Å². The Morgan fingerprint density at radius 1 is 1.15 bits per heavy atom. The van der Waals surface area contributed by atoms with Gasteiger partial charge in [0.2, 0.25) is 5.91 Å². The van der Waals surface area contributed by atoms with Crippen LogP contribution in [0, 0.1) is 0 Å². The van der Waals surface area contributed by atoms with E-state index in [2.05, 4.69) is 35.0 Å². The number of carbonyl (C=O) groups excluding carboxylic acids is 2. The summed E-state index contributed by atoms with van der Waals surface area (Å²) in [5.74, 6) is 0.257. The molecule has 0 N–H and O–H groups in total. The number of carbonyl (C=O) groups is 2. The van der Waals surface area contributed by atoms with Crippen LogP contribution in [0.3, 0.4) is 0 Å². The van der Waals surface area contributed by atoms with Crippen LogP contribution in [0.1, 0.15) is 50.3 Å². The van der Waals surface area contributed by atoms with Gasteiger partial charge in [-0.3, -0.25) is 9.59 Å². The minimum Gasteiger partial charge on any atom is -0.336 e. The van der Waals surface area contributed by atoms with Gasteiger partial charge in [0.25, 0.3) is 0 Å². The Kier molecular flexibility index (Phi) is 5.61. The fourth-order valence-corrected chi connectivity index (χ4v) is 4.30. The molecule has 3 rings (SSSR count). The van der Waals surface area contributed by atoms with E-state index in [9.17, 15) is 9.59 Å². The normalized spacial score (nSPS) is 21.5. The molecule has 3 nitrogen and oxygen atoms in total. The summed E-state index contributed by atoms with van der Waals surface area (Å²) in [7, 11) is 0. The number of amides is 1. The van der Waals surface area contributed by atoms with Crippen LogP contribution >= 0.6 is 15.9 Å². The maximum absolute atomic E-state index is 13.1. The number of nitrogens with zero attached hydrogens (tertiary/aromatic N) is 1. The Balaban J connectivity index is 1.84. The standard InChI is InChI=1S/C22H24BrNO2/c1-16(25)14-22(19-6-4-3-5-7-19)12-13-24(21(26)15-22)17(2)18-8-10-20(23)11-9-18/h3-11,17H,12-15H2,1-2H3/t17-,22+/m0/s1. The van der Waals surface area contributed by atoms with Gasteiger partial charge >= 0.3 is 0 Å². The third kappa shape index (κ3) is 3.90. The Bertz CT molecular complexity index is 788. The summed E-state index contributed by atoms with van der Waals surface area (Å²) >= 11 is 3.45. The number of hydrogen-bond acceptors (Lipinski definition) is 2. The van der Waals surface area contributed by atoms with Crippen LogP contribution < -0.4 is 0 Å². The van der Waals surface area contributed by atoms with Crippen LogP contribution in [-0.2, 0) is 15.0 Å². The van der Waals surface area contributed by atoms with Crippen LogP contribution in [0.25, 0.3) is 0 Å². The van der Waals surface area contributed by atoms with Crippen molar-refractivity contribution < 1.29 is 9.59 Å². The number of piperidine rings is 1. The van der Waals surface area contributed by atoms with Gasteiger partial charge in [0.1, 0.15) is 5.78 Å². The maximum Gasteiger partial charge on any atom is 0.223 e. The van der Waals surface area contributed by atoms with Gasteiger partial charge in [-0.1, -0.05) is 58.4 Å². The monoisotopic (exact) mass is 413 g/mol. The van der Waals surface area contributed by atoms with E-state index in [1.165, 1.54) is 0 Å². The van der Waals surface area contributed by atoms with Gasteiger partial charge in [-0.05, 0) is 43.5 Å². The van der Waals surface area contributed by atoms with Gasteiger partial charge in [-0.15, -0.1) is 0 Å². The van der Waals surface area contributed by atoms with E-state index in [0.717, 1.165) is 22.0 Å². The number of hydrogen-bond donors (Lipinski definition) is 0. The molecule has 0 aliphatic carbocycles. The molecule has 0 aromatic heterocycles. The molecule has 0 radical (unpaired) electrons. The van der Waals surface area contributed by atoms with E-state index in [4.69, 9.17) is 0 Å². The average Bonchev–Trinajstić information content (AvgIpc) is 2.62. The summed E-state index contributed by atoms with van der Waals surface area (Å²) < 4.78 is 1.03. The fraction of sp³-hybridized carbons (Fsp3) is 0.364. The van der Waals surface area contributed by atoms with Crippen LogP contribution in [0.5, 0.6) is 0 Å². The van der Waals surface area contributed by atoms with Gasteiger partial charge < -0.3 is 4.90 Å². The van der Waals surface area contributed by atoms with Crippen LogP contribution in [0.15, 0.2) is 59.1 Å². The van der Waals surface area contributed by atoms with E-state index in [-0.39, 0.29) is 23.1 Å². The molecule has 1 amide bonds. The van der Waals surface area contributed by atoms with Crippen molar-refractivity contribution in [1.82, 2.24) is 4.90 Å². The lowest BCUT2D eigenvalue weighted by Gasteiger charge is -2.43. The molecule has 1 heterocycles. The van der Waals surface area contributed by atoms with Gasteiger partial charge in [-0.2, -0.15) is 0 Å². The van der Waals surface area contributed by atoms with Crippen molar-refractivity contribution in [1.29, 1.82) is 0 Å². The van der Waals surface area contributed by atoms with Crippen LogP contribution in [0.2, 0.25) is 0 Å². The molecule has 2 aromatic carbocycles. The highest BCUT2D eigenvalue weighted by Crippen LogP contribution is 2.41. The lowest BCUT2D eigenvalue weighted by molar-refractivity contribution is -0.139. The Labute approximate surface area is 163 Å². The number of ketones is 1. The summed E-state index contributed by atoms with van der Waals surface area (Å²) in [4.78, 5) is 26.9. The van der Waals surface area contributed by atoms with E-state index in [1.54, 1.807) is 6.92 Å². The van der Waals surface area contributed by atoms with E-state index in [1.807, 2.05) is 47.4 Å². The van der Waals surface area contributed by atoms with Gasteiger partial charge in [0, 0.05) is 29.3 Å². The third-order valence-corrected chi connectivity index (χ3v) is 5.96. The van der Waals surface area contributed by atoms with Crippen LogP contribution in [0.4, 0.5) is 0 Å². The molecule has 0 spiro atoms. The molecule has 4 heteroatoms. The Morgan fingerprint density at radius 2 is 1.81 bits per heavy atom. The molecule has 0 unspecified atom stereocenters. The van der Waals surface area contributed by atoms with Crippen molar-refractivity contribution in [3.05, 3.63) is 70.2 Å². The molecule has 136 valence electrons. The van der Waals surface area contributed by atoms with Gasteiger partial charge in [0.15, 0.2) is 0 Å². The minimum atomic E-state index is -0.375. The summed E-state index contributed by atoms with van der Waals surface area (Å²) in [6, 6.07) is 18.2. The van der Waals surface area contributed by atoms with E-state index < -0.39 is 0 Å². The quantitative estimate of drug-likeness (QED) is 0.687. The van der Waals surface area contributed by atoms with Crippen molar-refractivity contribution in [2.45, 2.75) is 44.6 Å². The average molecular weight is 414 g/mol. The first-order valence-electron chi connectivity index (χ1n) is 9.01. The molecular weight excluding hydrogens is 390 g/mol. The van der Waals surface area contributed by atoms with Crippen molar-refractivity contribution in [3.8, 4) is 0 Å². The first-order chi connectivity index (χ1) is 12.4. The molecule has 0 bridgehead atoms. The van der Waals surface area contributed by atoms with Gasteiger partial charge in [0.05, 0.1) is 6.04 Å². The highest BCUT2D eigenvalue weighted by Gasteiger charge is 2.42. The molecule has 1 saturated heterocycles. The van der Waals surface area contributed by atoms with Crippen molar-refractivity contribution in [2.24, 2.45) is 0 Å². The Morgan fingerprint density at radius 3 is 2.38 bits per heavy atom. The first kappa shape index (κ1) is 18.8. The molecule has 1 fully saturated rings. The minimum absolute atomic E-state index is 0.0294. The zero-order valence-corrected chi connectivity index (χ0v) is 16.8. The molecule has 1 aliphatic heterocycles. The largest absolute Gasteiger partial charge is 0.336 e. The van der Waals surface area contributed by atoms with E-state index in [0.29, 0.717) is 19.4 Å². The number of likely N-dealkylation sites (tertiary alicyclic amines) is 1. The van der Waals surface area contributed by atoms with Crippen LogP contribution in [-0.4, -0.2) is 23.1 Å². The smallest absolute Gasteiger partial charge is 0.223 e. The molecule has 2 atom stereocenters. The van der Waals surface area contributed by atoms with Gasteiger partial charge in [-0.25, -0.2) is 0 Å². The SMILES string of the molecule is CC(=O)C[C@]1(c2ccccc2)CCN([C@@H](C)c2ccc(Br)cc2)C(=O)C1. The summed E-state index contributed by atoms with van der Waals surface area (Å²) in [5.41, 5.74) is 1.85. The fourth-order valence-electron chi connectivity index (χ4n) is 4.04. The Hall–Kier alpha value is -1.94. The highest BCUT2D eigenvalue weighted by atomic mass is 79.9. The van der Waals surface area contributed by atoms with E-state index >= 15 is 0 Å². The molecule has 1 aliphatic rings. The second-order valence-electron chi connectivity index (χ2n) is 7.27. The maximum atomic E-state index is 13.1. The highest BCUT2D eigenvalue weighted by molar-refractivity contribution is 9.10.